The van der Waals surface area contributed by atoms with Gasteiger partial charge in [0.2, 0.25) is 10.0 Å². The minimum Gasteiger partial charge on any atom is -0.398 e. The molecule has 6 N–H and O–H groups in total. The van der Waals surface area contributed by atoms with Crippen molar-refractivity contribution >= 4 is 42.4 Å². The highest BCUT2D eigenvalue weighted by Gasteiger charge is 2.09. The van der Waals surface area contributed by atoms with Crippen molar-refractivity contribution in [1.82, 2.24) is 4.98 Å². The van der Waals surface area contributed by atoms with Gasteiger partial charge in [-0.2, -0.15) is 0 Å². The predicted octanol–water partition coefficient (Wildman–Crippen LogP) is 1.79. The molecule has 0 fully saturated rings. The van der Waals surface area contributed by atoms with Crippen molar-refractivity contribution in [3.63, 3.8) is 0 Å². The number of rotatable bonds is 1. The minimum absolute atomic E-state index is 0.0278. The van der Waals surface area contributed by atoms with Crippen LogP contribution in [-0.4, -0.2) is 13.4 Å². The van der Waals surface area contributed by atoms with Crippen molar-refractivity contribution in [2.75, 3.05) is 11.5 Å². The van der Waals surface area contributed by atoms with Gasteiger partial charge in [0.25, 0.3) is 0 Å². The van der Waals surface area contributed by atoms with Crippen LogP contribution in [0.1, 0.15) is 0 Å². The molecule has 0 saturated carbocycles. The number of fused-ring (bicyclic) bond motifs is 1. The summed E-state index contributed by atoms with van der Waals surface area (Å²) in [5.41, 5.74) is 12.0. The lowest BCUT2D eigenvalue weighted by molar-refractivity contribution is 0.598. The molecule has 0 bridgehead atoms. The smallest absolute Gasteiger partial charge is 0.240 e. The molecule has 0 aliphatic carbocycles. The number of nitrogens with two attached hydrogens (primary N) is 3. The number of benzene rings is 2. The second kappa shape index (κ2) is 6.08. The first-order valence-electron chi connectivity index (χ1n) is 5.86. The van der Waals surface area contributed by atoms with Gasteiger partial charge in [-0.15, -0.1) is 0 Å². The minimum atomic E-state index is -3.66. The van der Waals surface area contributed by atoms with Crippen molar-refractivity contribution in [3.05, 3.63) is 48.5 Å². The number of nitrogen functional groups attached to an aromatic ring is 2. The molecule has 0 saturated heterocycles. The van der Waals surface area contributed by atoms with Gasteiger partial charge in [0.15, 0.2) is 5.13 Å². The fourth-order valence-electron chi connectivity index (χ4n) is 1.63. The van der Waals surface area contributed by atoms with Crippen LogP contribution in [0.4, 0.5) is 10.8 Å². The molecule has 0 radical (unpaired) electrons. The average molecular weight is 322 g/mol. The number of thiazole rings is 1. The summed E-state index contributed by atoms with van der Waals surface area (Å²) in [6.07, 6.45) is 0. The molecule has 0 atom stereocenters. The summed E-state index contributed by atoms with van der Waals surface area (Å²) in [5.74, 6) is 0. The van der Waals surface area contributed by atoms with E-state index in [4.69, 9.17) is 16.6 Å². The Labute approximate surface area is 126 Å². The molecule has 110 valence electrons. The maximum absolute atomic E-state index is 10.8. The Morgan fingerprint density at radius 1 is 0.952 bits per heavy atom. The Morgan fingerprint density at radius 3 is 2.14 bits per heavy atom. The zero-order valence-electron chi connectivity index (χ0n) is 10.9. The van der Waals surface area contributed by atoms with Gasteiger partial charge in [0.1, 0.15) is 4.90 Å². The molecule has 8 heteroatoms. The Hall–Kier alpha value is -2.16. The fourth-order valence-corrected chi connectivity index (χ4v) is 3.03. The van der Waals surface area contributed by atoms with Gasteiger partial charge in [-0.25, -0.2) is 18.5 Å². The molecule has 3 aromatic rings. The molecule has 0 aliphatic heterocycles. The van der Waals surface area contributed by atoms with Crippen LogP contribution < -0.4 is 16.6 Å². The molecule has 21 heavy (non-hydrogen) atoms. The van der Waals surface area contributed by atoms with Crippen LogP contribution in [0.3, 0.4) is 0 Å². The van der Waals surface area contributed by atoms with Gasteiger partial charge < -0.3 is 11.5 Å². The van der Waals surface area contributed by atoms with E-state index in [1.165, 1.54) is 23.5 Å². The molecular formula is C13H14N4O2S2. The fraction of sp³-hybridized carbons (Fsp3) is 0. The Bertz CT molecular complexity index is 826. The van der Waals surface area contributed by atoms with Gasteiger partial charge >= 0.3 is 0 Å². The number of nitrogens with zero attached hydrogens (tertiary/aromatic N) is 1. The first-order valence-corrected chi connectivity index (χ1v) is 8.22. The van der Waals surface area contributed by atoms with Crippen LogP contribution >= 0.6 is 11.3 Å². The van der Waals surface area contributed by atoms with Crippen LogP contribution in [0, 0.1) is 0 Å². The molecule has 0 amide bonds. The third kappa shape index (κ3) is 3.91. The summed E-state index contributed by atoms with van der Waals surface area (Å²) in [5, 5.41) is 5.49. The van der Waals surface area contributed by atoms with Gasteiger partial charge in [-0.05, 0) is 24.3 Å². The summed E-state index contributed by atoms with van der Waals surface area (Å²) < 4.78 is 22.7. The van der Waals surface area contributed by atoms with Crippen molar-refractivity contribution < 1.29 is 8.42 Å². The van der Waals surface area contributed by atoms with E-state index in [0.717, 1.165) is 10.2 Å². The average Bonchev–Trinajstić information content (AvgIpc) is 2.78. The number of hydrogen-bond acceptors (Lipinski definition) is 6. The van der Waals surface area contributed by atoms with Crippen LogP contribution in [0.5, 0.6) is 0 Å². The SMILES string of the molecule is Nc1ccccc1S(N)(=O)=O.Nc1nc2ccccc2s1. The standard InChI is InChI=1S/C7H6N2S.C6H8N2O2S/c8-7-9-5-3-1-2-4-6(5)10-7;7-5-3-1-2-4-6(5)11(8,9)10/h1-4H,(H2,8,9);1-4H,7H2,(H2,8,9,10). The highest BCUT2D eigenvalue weighted by molar-refractivity contribution is 7.89. The van der Waals surface area contributed by atoms with E-state index < -0.39 is 10.0 Å². The second-order valence-corrected chi connectivity index (χ2v) is 6.69. The number of hydrogen-bond donors (Lipinski definition) is 3. The lowest BCUT2D eigenvalue weighted by atomic mass is 10.3. The quantitative estimate of drug-likeness (QED) is 0.589. The molecule has 1 aromatic heterocycles. The number of para-hydroxylation sites is 2. The van der Waals surface area contributed by atoms with Crippen molar-refractivity contribution in [1.29, 1.82) is 0 Å². The Kier molecular flexibility index (Phi) is 4.41. The number of aromatic nitrogens is 1. The number of sulfonamides is 1. The molecule has 0 spiro atoms. The predicted molar refractivity (Wildman–Crippen MR) is 86.3 cm³/mol. The highest BCUT2D eigenvalue weighted by atomic mass is 32.2. The summed E-state index contributed by atoms with van der Waals surface area (Å²) >= 11 is 1.52. The molecule has 2 aromatic carbocycles. The largest absolute Gasteiger partial charge is 0.398 e. The van der Waals surface area contributed by atoms with Gasteiger partial charge in [0, 0.05) is 0 Å². The Morgan fingerprint density at radius 2 is 1.57 bits per heavy atom. The molecule has 0 aliphatic rings. The summed E-state index contributed by atoms with van der Waals surface area (Å²) in [6.45, 7) is 0. The van der Waals surface area contributed by atoms with E-state index in [0.29, 0.717) is 5.13 Å². The van der Waals surface area contributed by atoms with E-state index in [-0.39, 0.29) is 10.6 Å². The second-order valence-electron chi connectivity index (χ2n) is 4.10. The zero-order chi connectivity index (χ0) is 15.5. The molecular weight excluding hydrogens is 308 g/mol. The maximum Gasteiger partial charge on any atom is 0.240 e. The van der Waals surface area contributed by atoms with Crippen LogP contribution in [0.25, 0.3) is 10.2 Å². The summed E-state index contributed by atoms with van der Waals surface area (Å²) in [6, 6.07) is 14.0. The van der Waals surface area contributed by atoms with E-state index in [1.807, 2.05) is 24.3 Å². The van der Waals surface area contributed by atoms with Crippen LogP contribution in [0.2, 0.25) is 0 Å². The number of primary sulfonamides is 1. The van der Waals surface area contributed by atoms with E-state index >= 15 is 0 Å². The van der Waals surface area contributed by atoms with E-state index in [1.54, 1.807) is 12.1 Å². The van der Waals surface area contributed by atoms with Crippen molar-refractivity contribution in [3.8, 4) is 0 Å². The van der Waals surface area contributed by atoms with Gasteiger partial charge in [-0.3, -0.25) is 0 Å². The third-order valence-electron chi connectivity index (χ3n) is 2.54. The first-order chi connectivity index (χ1) is 9.88. The van der Waals surface area contributed by atoms with Crippen molar-refractivity contribution in [2.45, 2.75) is 4.90 Å². The topological polar surface area (TPSA) is 125 Å². The monoisotopic (exact) mass is 322 g/mol. The Balaban J connectivity index is 0.000000154. The van der Waals surface area contributed by atoms with E-state index in [2.05, 4.69) is 4.98 Å². The zero-order valence-corrected chi connectivity index (χ0v) is 12.6. The summed E-state index contributed by atoms with van der Waals surface area (Å²) in [4.78, 5) is 4.08. The molecule has 1 heterocycles. The maximum atomic E-state index is 10.8. The normalized spacial score (nSPS) is 10.9. The van der Waals surface area contributed by atoms with Crippen LogP contribution in [0.15, 0.2) is 53.4 Å². The summed E-state index contributed by atoms with van der Waals surface area (Å²) in [7, 11) is -3.66. The van der Waals surface area contributed by atoms with Crippen LogP contribution in [-0.2, 0) is 10.0 Å². The molecule has 3 rings (SSSR count). The van der Waals surface area contributed by atoms with Gasteiger partial charge in [0.05, 0.1) is 15.9 Å². The first kappa shape index (κ1) is 15.2. The van der Waals surface area contributed by atoms with Gasteiger partial charge in [-0.1, -0.05) is 35.6 Å². The van der Waals surface area contributed by atoms with Crippen molar-refractivity contribution in [2.24, 2.45) is 5.14 Å². The molecule has 0 unspecified atom stereocenters. The van der Waals surface area contributed by atoms with E-state index in [9.17, 15) is 8.42 Å². The third-order valence-corrected chi connectivity index (χ3v) is 4.39. The molecule has 6 nitrogen and oxygen atoms in total. The lowest BCUT2D eigenvalue weighted by Gasteiger charge is -2.00. The highest BCUT2D eigenvalue weighted by Crippen LogP contribution is 2.22. The number of anilines is 2. The lowest BCUT2D eigenvalue weighted by Crippen LogP contribution is -2.13.